The van der Waals surface area contributed by atoms with E-state index in [0.29, 0.717) is 28.4 Å². The van der Waals surface area contributed by atoms with Crippen molar-refractivity contribution in [3.8, 4) is 11.5 Å². The van der Waals surface area contributed by atoms with Gasteiger partial charge in [-0.1, -0.05) is 24.9 Å². The van der Waals surface area contributed by atoms with Crippen LogP contribution in [0.5, 0.6) is 11.5 Å². The SMILES string of the molecule is CCCC1=C(C(=O)OCC)[C@H](c2cc(OC)c(O)cc2Cl)NC(=S)N1. The number of phenols is 1. The Balaban J connectivity index is 2.61. The second kappa shape index (κ2) is 8.40. The number of thiocarbonyl (C=S) groups is 1. The molecule has 3 N–H and O–H groups in total. The maximum absolute atomic E-state index is 12.6. The molecule has 0 fully saturated rings. The van der Waals surface area contributed by atoms with E-state index in [9.17, 15) is 9.90 Å². The molecule has 0 saturated heterocycles. The predicted molar refractivity (Wildman–Crippen MR) is 99.8 cm³/mol. The van der Waals surface area contributed by atoms with Crippen molar-refractivity contribution < 1.29 is 19.4 Å². The molecule has 6 nitrogen and oxygen atoms in total. The first-order valence-electron chi connectivity index (χ1n) is 7.96. The van der Waals surface area contributed by atoms with Crippen LogP contribution in [-0.4, -0.2) is 29.9 Å². The molecule has 1 aliphatic rings. The second-order valence-electron chi connectivity index (χ2n) is 5.44. The number of carbonyl (C=O) groups is 1. The minimum absolute atomic E-state index is 0.0804. The van der Waals surface area contributed by atoms with Gasteiger partial charge >= 0.3 is 5.97 Å². The van der Waals surface area contributed by atoms with Crippen molar-refractivity contribution in [3.05, 3.63) is 34.0 Å². The molecule has 1 aliphatic heterocycles. The number of phenolic OH excluding ortho intramolecular Hbond substituents is 1. The van der Waals surface area contributed by atoms with Crippen LogP contribution in [0.1, 0.15) is 38.3 Å². The van der Waals surface area contributed by atoms with E-state index in [2.05, 4.69) is 10.6 Å². The van der Waals surface area contributed by atoms with E-state index in [4.69, 9.17) is 33.3 Å². The Hall–Kier alpha value is -1.99. The first-order valence-corrected chi connectivity index (χ1v) is 8.75. The number of aromatic hydroxyl groups is 1. The molecule has 2 rings (SSSR count). The third-order valence-electron chi connectivity index (χ3n) is 3.76. The molecule has 1 aromatic rings. The van der Waals surface area contributed by atoms with Crippen LogP contribution in [0, 0.1) is 0 Å². The van der Waals surface area contributed by atoms with Crippen molar-refractivity contribution in [2.24, 2.45) is 0 Å². The molecule has 0 aliphatic carbocycles. The topological polar surface area (TPSA) is 79.8 Å². The first kappa shape index (κ1) is 19.3. The van der Waals surface area contributed by atoms with Crippen LogP contribution < -0.4 is 15.4 Å². The number of allylic oxidation sites excluding steroid dienone is 1. The van der Waals surface area contributed by atoms with Crippen LogP contribution >= 0.6 is 23.8 Å². The number of carbonyl (C=O) groups excluding carboxylic acids is 1. The van der Waals surface area contributed by atoms with Gasteiger partial charge in [-0.15, -0.1) is 0 Å². The van der Waals surface area contributed by atoms with Crippen LogP contribution in [-0.2, 0) is 9.53 Å². The third kappa shape index (κ3) is 4.16. The van der Waals surface area contributed by atoms with Crippen LogP contribution in [0.3, 0.4) is 0 Å². The summed E-state index contributed by atoms with van der Waals surface area (Å²) in [4.78, 5) is 12.6. The smallest absolute Gasteiger partial charge is 0.338 e. The highest BCUT2D eigenvalue weighted by Gasteiger charge is 2.33. The van der Waals surface area contributed by atoms with Crippen LogP contribution in [0.25, 0.3) is 0 Å². The Morgan fingerprint density at radius 2 is 2.12 bits per heavy atom. The molecule has 8 heteroatoms. The largest absolute Gasteiger partial charge is 0.504 e. The third-order valence-corrected chi connectivity index (χ3v) is 4.31. The van der Waals surface area contributed by atoms with E-state index < -0.39 is 12.0 Å². The quantitative estimate of drug-likeness (QED) is 0.513. The number of rotatable bonds is 6. The van der Waals surface area contributed by atoms with E-state index in [1.807, 2.05) is 6.92 Å². The van der Waals surface area contributed by atoms with E-state index in [0.717, 1.165) is 6.42 Å². The average Bonchev–Trinajstić information content (AvgIpc) is 2.55. The zero-order valence-corrected chi connectivity index (χ0v) is 15.9. The van der Waals surface area contributed by atoms with E-state index in [1.165, 1.54) is 13.2 Å². The zero-order valence-electron chi connectivity index (χ0n) is 14.3. The predicted octanol–water partition coefficient (Wildman–Crippen LogP) is 3.19. The number of ether oxygens (including phenoxy) is 2. The Morgan fingerprint density at radius 3 is 2.72 bits per heavy atom. The van der Waals surface area contributed by atoms with Crippen LogP contribution in [0.2, 0.25) is 5.02 Å². The second-order valence-corrected chi connectivity index (χ2v) is 6.26. The molecule has 0 radical (unpaired) electrons. The van der Waals surface area contributed by atoms with E-state index >= 15 is 0 Å². The summed E-state index contributed by atoms with van der Waals surface area (Å²) in [5.41, 5.74) is 1.70. The summed E-state index contributed by atoms with van der Waals surface area (Å²) in [6.45, 7) is 4.01. The molecule has 136 valence electrons. The molecule has 0 spiro atoms. The number of hydrogen-bond donors (Lipinski definition) is 3. The van der Waals surface area contributed by atoms with Gasteiger partial charge < -0.3 is 25.2 Å². The van der Waals surface area contributed by atoms with Crippen LogP contribution in [0.15, 0.2) is 23.4 Å². The highest BCUT2D eigenvalue weighted by atomic mass is 35.5. The monoisotopic (exact) mass is 384 g/mol. The lowest BCUT2D eigenvalue weighted by Gasteiger charge is -2.31. The van der Waals surface area contributed by atoms with Crippen molar-refractivity contribution in [2.45, 2.75) is 32.7 Å². The highest BCUT2D eigenvalue weighted by Crippen LogP contribution is 2.39. The number of hydrogen-bond acceptors (Lipinski definition) is 5. The molecular weight excluding hydrogens is 364 g/mol. The van der Waals surface area contributed by atoms with Gasteiger partial charge in [0.25, 0.3) is 0 Å². The lowest BCUT2D eigenvalue weighted by molar-refractivity contribution is -0.139. The van der Waals surface area contributed by atoms with Crippen LogP contribution in [0.4, 0.5) is 0 Å². The minimum atomic E-state index is -0.601. The first-order chi connectivity index (χ1) is 11.9. The Labute approximate surface area is 157 Å². The Bertz CT molecular complexity index is 721. The molecule has 25 heavy (non-hydrogen) atoms. The summed E-state index contributed by atoms with van der Waals surface area (Å²) in [7, 11) is 1.44. The summed E-state index contributed by atoms with van der Waals surface area (Å²) in [5.74, 6) is -0.268. The molecule has 0 aromatic heterocycles. The Kier molecular flexibility index (Phi) is 6.50. The van der Waals surface area contributed by atoms with Crippen molar-refractivity contribution in [1.82, 2.24) is 10.6 Å². The maximum Gasteiger partial charge on any atom is 0.338 e. The normalized spacial score (nSPS) is 17.0. The van der Waals surface area contributed by atoms with Crippen molar-refractivity contribution >= 4 is 34.9 Å². The van der Waals surface area contributed by atoms with Gasteiger partial charge in [-0.3, -0.25) is 0 Å². The molecule has 1 heterocycles. The highest BCUT2D eigenvalue weighted by molar-refractivity contribution is 7.80. The fourth-order valence-corrected chi connectivity index (χ4v) is 3.20. The van der Waals surface area contributed by atoms with Gasteiger partial charge in [0.15, 0.2) is 16.6 Å². The Morgan fingerprint density at radius 1 is 1.40 bits per heavy atom. The van der Waals surface area contributed by atoms with Gasteiger partial charge in [0.1, 0.15) is 0 Å². The van der Waals surface area contributed by atoms with Gasteiger partial charge in [-0.05, 0) is 31.6 Å². The number of nitrogens with one attached hydrogen (secondary N) is 2. The fourth-order valence-electron chi connectivity index (χ4n) is 2.69. The lowest BCUT2D eigenvalue weighted by atomic mass is 9.93. The molecule has 1 aromatic carbocycles. The molecule has 0 saturated carbocycles. The summed E-state index contributed by atoms with van der Waals surface area (Å²) in [6, 6.07) is 2.37. The molecule has 0 unspecified atom stereocenters. The number of esters is 1. The lowest BCUT2D eigenvalue weighted by Crippen LogP contribution is -2.45. The van der Waals surface area contributed by atoms with Gasteiger partial charge in [-0.2, -0.15) is 0 Å². The molecular formula is C17H21ClN2O4S. The average molecular weight is 385 g/mol. The molecule has 0 amide bonds. The van der Waals surface area contributed by atoms with E-state index in [1.54, 1.807) is 13.0 Å². The fraction of sp³-hybridized carbons (Fsp3) is 0.412. The van der Waals surface area contributed by atoms with Crippen molar-refractivity contribution in [1.29, 1.82) is 0 Å². The summed E-state index contributed by atoms with van der Waals surface area (Å²) in [5, 5.41) is 16.7. The summed E-state index contributed by atoms with van der Waals surface area (Å²) in [6.07, 6.45) is 1.46. The van der Waals surface area contributed by atoms with Gasteiger partial charge in [0, 0.05) is 17.3 Å². The number of methoxy groups -OCH3 is 1. The van der Waals surface area contributed by atoms with Gasteiger partial charge in [-0.25, -0.2) is 4.79 Å². The van der Waals surface area contributed by atoms with Crippen molar-refractivity contribution in [3.63, 3.8) is 0 Å². The standard InChI is InChI=1S/C17H21ClN2O4S/c1-4-6-11-14(16(22)24-5-2)15(20-17(25)19-11)9-7-13(23-3)12(21)8-10(9)18/h7-8,15,21H,4-6H2,1-3H3,(H2,19,20,25)/t15-/m0/s1. The van der Waals surface area contributed by atoms with Crippen molar-refractivity contribution in [2.75, 3.05) is 13.7 Å². The van der Waals surface area contributed by atoms with E-state index in [-0.39, 0.29) is 23.1 Å². The van der Waals surface area contributed by atoms with Gasteiger partial charge in [0.2, 0.25) is 0 Å². The minimum Gasteiger partial charge on any atom is -0.504 e. The number of benzene rings is 1. The summed E-state index contributed by atoms with van der Waals surface area (Å²) < 4.78 is 10.4. The maximum atomic E-state index is 12.6. The molecule has 1 atom stereocenters. The number of halogens is 1. The zero-order chi connectivity index (χ0) is 18.6. The molecule has 0 bridgehead atoms. The summed E-state index contributed by atoms with van der Waals surface area (Å²) >= 11 is 11.6. The van der Waals surface area contributed by atoms with Gasteiger partial charge in [0.05, 0.1) is 30.4 Å².